The summed E-state index contributed by atoms with van der Waals surface area (Å²) in [5, 5.41) is 9.77. The molecule has 4 heterocycles. The van der Waals surface area contributed by atoms with Crippen LogP contribution in [0.1, 0.15) is 70.9 Å². The lowest BCUT2D eigenvalue weighted by atomic mass is 10.0. The summed E-state index contributed by atoms with van der Waals surface area (Å²) in [7, 11) is -0.154. The van der Waals surface area contributed by atoms with Gasteiger partial charge in [0, 0.05) is 37.6 Å². The molecule has 2 saturated heterocycles. The Bertz CT molecular complexity index is 2020. The van der Waals surface area contributed by atoms with Gasteiger partial charge in [0.2, 0.25) is 33.5 Å². The van der Waals surface area contributed by atoms with E-state index in [1.54, 1.807) is 46.8 Å². The largest absolute Gasteiger partial charge is 0.496 e. The van der Waals surface area contributed by atoms with Crippen molar-refractivity contribution < 1.29 is 27.5 Å². The second kappa shape index (κ2) is 18.6. The van der Waals surface area contributed by atoms with Gasteiger partial charge in [-0.05, 0) is 69.5 Å². The fraction of sp³-hybridized carbons (Fsp3) is 0.405. The molecule has 0 atom stereocenters. The maximum absolute atomic E-state index is 12.8. The van der Waals surface area contributed by atoms with Crippen LogP contribution < -0.4 is 36.9 Å². The van der Waals surface area contributed by atoms with Crippen LogP contribution >= 0.6 is 0 Å². The van der Waals surface area contributed by atoms with E-state index in [1.165, 1.54) is 26.6 Å². The van der Waals surface area contributed by atoms with Gasteiger partial charge in [-0.15, -0.1) is 0 Å². The minimum atomic E-state index is -3.18. The molecule has 0 unspecified atom stereocenters. The number of methoxy groups -OCH3 is 2. The molecule has 288 valence electrons. The van der Waals surface area contributed by atoms with Crippen molar-refractivity contribution in [1.29, 1.82) is 0 Å². The number of sulfonamides is 1. The standard InChI is InChI=1S/C20H27N5O4S.C17H21N5O2/c1-3-12-30(27,28)25-10-8-14(9-11-25)23-20-22-13-16(19(21)24-20)18(26)15-6-4-5-7-17(15)29-2;1-24-14-5-3-2-4-12(14)15(23)13-10-20-17(22-16(13)18)21-11-6-8-19-9-7-11/h4-7,13-14H,3,8-12H2,1-2H3,(H3,21,22,23,24);2-5,10-11,19H,6-9H2,1H3,(H3,18,20,21,22). The Balaban J connectivity index is 0.000000213. The second-order valence-corrected chi connectivity index (χ2v) is 14.9. The maximum Gasteiger partial charge on any atom is 0.224 e. The number of nitrogens with zero attached hydrogens (tertiary/aromatic N) is 5. The third-order valence-corrected chi connectivity index (χ3v) is 11.2. The van der Waals surface area contributed by atoms with Gasteiger partial charge in [-0.1, -0.05) is 31.2 Å². The number of carbonyl (C=O) groups is 2. The lowest BCUT2D eigenvalue weighted by Gasteiger charge is -2.31. The molecule has 2 aromatic carbocycles. The Hall–Kier alpha value is -5.39. The van der Waals surface area contributed by atoms with Crippen LogP contribution in [0.4, 0.5) is 23.5 Å². The normalized spacial score (nSPS) is 15.4. The number of nitrogen functional groups attached to an aromatic ring is 2. The summed E-state index contributed by atoms with van der Waals surface area (Å²) in [5.74, 6) is 1.57. The molecule has 2 aliphatic rings. The van der Waals surface area contributed by atoms with Crippen molar-refractivity contribution in [1.82, 2.24) is 29.6 Å². The highest BCUT2D eigenvalue weighted by atomic mass is 32.2. The van der Waals surface area contributed by atoms with Gasteiger partial charge >= 0.3 is 0 Å². The summed E-state index contributed by atoms with van der Waals surface area (Å²) < 4.78 is 36.4. The van der Waals surface area contributed by atoms with Crippen molar-refractivity contribution in [2.75, 3.05) is 68.3 Å². The highest BCUT2D eigenvalue weighted by Gasteiger charge is 2.28. The number of piperidine rings is 2. The molecule has 2 aliphatic heterocycles. The lowest BCUT2D eigenvalue weighted by Crippen LogP contribution is -2.43. The van der Waals surface area contributed by atoms with Crippen molar-refractivity contribution in [2.45, 2.75) is 51.1 Å². The van der Waals surface area contributed by atoms with Crippen LogP contribution in [0.2, 0.25) is 0 Å². The van der Waals surface area contributed by atoms with E-state index in [4.69, 9.17) is 20.9 Å². The first-order chi connectivity index (χ1) is 26.0. The fourth-order valence-electron chi connectivity index (χ4n) is 6.23. The predicted octanol–water partition coefficient (Wildman–Crippen LogP) is 3.38. The molecule has 16 nitrogen and oxygen atoms in total. The van der Waals surface area contributed by atoms with Crippen LogP contribution in [0.25, 0.3) is 0 Å². The zero-order valence-corrected chi connectivity index (χ0v) is 31.6. The van der Waals surface area contributed by atoms with E-state index in [-0.39, 0.29) is 46.1 Å². The summed E-state index contributed by atoms with van der Waals surface area (Å²) in [4.78, 5) is 42.4. The molecule has 6 rings (SSSR count). The van der Waals surface area contributed by atoms with E-state index in [9.17, 15) is 18.0 Å². The number of ketones is 2. The number of benzene rings is 2. The minimum Gasteiger partial charge on any atom is -0.496 e. The number of rotatable bonds is 13. The maximum atomic E-state index is 12.8. The molecule has 0 bridgehead atoms. The average molecular weight is 761 g/mol. The molecule has 17 heteroatoms. The molecular formula is C37H48N10O6S. The number of nitrogens with two attached hydrogens (primary N) is 2. The van der Waals surface area contributed by atoms with E-state index < -0.39 is 10.0 Å². The number of hydrogen-bond donors (Lipinski definition) is 5. The summed E-state index contributed by atoms with van der Waals surface area (Å²) in [5.41, 5.74) is 13.3. The summed E-state index contributed by atoms with van der Waals surface area (Å²) in [6, 6.07) is 14.3. The van der Waals surface area contributed by atoms with Crippen LogP contribution in [0.15, 0.2) is 60.9 Å². The molecule has 0 radical (unpaired) electrons. The van der Waals surface area contributed by atoms with Crippen LogP contribution in [0, 0.1) is 0 Å². The van der Waals surface area contributed by atoms with Crippen molar-refractivity contribution >= 4 is 45.1 Å². The van der Waals surface area contributed by atoms with Crippen molar-refractivity contribution in [2.24, 2.45) is 0 Å². The van der Waals surface area contributed by atoms with Crippen LogP contribution in [0.5, 0.6) is 11.5 Å². The molecule has 0 aliphatic carbocycles. The Morgan fingerprint density at radius 1 is 0.759 bits per heavy atom. The number of anilines is 4. The van der Waals surface area contributed by atoms with Crippen molar-refractivity contribution in [3.05, 3.63) is 83.2 Å². The van der Waals surface area contributed by atoms with E-state index in [1.807, 2.05) is 13.0 Å². The van der Waals surface area contributed by atoms with Crippen LogP contribution in [-0.2, 0) is 10.0 Å². The first-order valence-corrected chi connectivity index (χ1v) is 19.5. The number of nitrogens with one attached hydrogen (secondary N) is 3. The van der Waals surface area contributed by atoms with Gasteiger partial charge in [-0.25, -0.2) is 22.7 Å². The smallest absolute Gasteiger partial charge is 0.224 e. The van der Waals surface area contributed by atoms with Gasteiger partial charge in [0.05, 0.1) is 42.2 Å². The lowest BCUT2D eigenvalue weighted by molar-refractivity contribution is 0.102. The molecule has 2 aromatic heterocycles. The molecular weight excluding hydrogens is 713 g/mol. The molecule has 7 N–H and O–H groups in total. The molecule has 54 heavy (non-hydrogen) atoms. The van der Waals surface area contributed by atoms with E-state index in [0.717, 1.165) is 25.9 Å². The zero-order valence-electron chi connectivity index (χ0n) is 30.7. The van der Waals surface area contributed by atoms with Crippen molar-refractivity contribution in [3.63, 3.8) is 0 Å². The van der Waals surface area contributed by atoms with Crippen molar-refractivity contribution in [3.8, 4) is 11.5 Å². The van der Waals surface area contributed by atoms with Crippen LogP contribution in [-0.4, -0.2) is 102 Å². The molecule has 0 saturated carbocycles. The van der Waals surface area contributed by atoms with E-state index in [2.05, 4.69) is 35.9 Å². The number of para-hydroxylation sites is 2. The van der Waals surface area contributed by atoms with E-state index in [0.29, 0.717) is 72.9 Å². The highest BCUT2D eigenvalue weighted by Crippen LogP contribution is 2.25. The Kier molecular flexibility index (Phi) is 13.7. The highest BCUT2D eigenvalue weighted by molar-refractivity contribution is 7.89. The third kappa shape index (κ3) is 9.97. The number of carbonyl (C=O) groups excluding carboxylic acids is 2. The molecule has 0 amide bonds. The topological polar surface area (TPSA) is 230 Å². The second-order valence-electron chi connectivity index (χ2n) is 12.8. The SMILES string of the molecule is CCCS(=O)(=O)N1CCC(Nc2ncc(C(=O)c3ccccc3OC)c(N)n2)CC1.COc1ccccc1C(=O)c1cnc(NC2CCNCC2)nc1N. The molecule has 0 spiro atoms. The summed E-state index contributed by atoms with van der Waals surface area (Å²) in [6.45, 7) is 4.71. The number of hydrogen-bond acceptors (Lipinski definition) is 15. The monoisotopic (exact) mass is 760 g/mol. The van der Waals surface area contributed by atoms with Gasteiger partial charge in [-0.3, -0.25) is 9.59 Å². The van der Waals surface area contributed by atoms with Gasteiger partial charge < -0.3 is 36.9 Å². The summed E-state index contributed by atoms with van der Waals surface area (Å²) in [6.07, 6.45) is 6.78. The molecule has 4 aromatic rings. The predicted molar refractivity (Wildman–Crippen MR) is 208 cm³/mol. The van der Waals surface area contributed by atoms with Gasteiger partial charge in [-0.2, -0.15) is 9.97 Å². The first-order valence-electron chi connectivity index (χ1n) is 17.9. The Morgan fingerprint density at radius 2 is 1.20 bits per heavy atom. The number of aromatic nitrogens is 4. The Labute approximate surface area is 315 Å². The van der Waals surface area contributed by atoms with Gasteiger partial charge in [0.1, 0.15) is 23.1 Å². The number of ether oxygens (including phenoxy) is 2. The molecule has 2 fully saturated rings. The van der Waals surface area contributed by atoms with Gasteiger partial charge in [0.25, 0.3) is 0 Å². The quantitative estimate of drug-likeness (QED) is 0.123. The van der Waals surface area contributed by atoms with Crippen LogP contribution in [0.3, 0.4) is 0 Å². The third-order valence-electron chi connectivity index (χ3n) is 9.14. The van der Waals surface area contributed by atoms with E-state index >= 15 is 0 Å². The average Bonchev–Trinajstić information content (AvgIpc) is 3.18. The summed E-state index contributed by atoms with van der Waals surface area (Å²) >= 11 is 0. The fourth-order valence-corrected chi connectivity index (χ4v) is 7.77. The van der Waals surface area contributed by atoms with Gasteiger partial charge in [0.15, 0.2) is 0 Å². The first kappa shape index (κ1) is 39.8. The Morgan fingerprint density at radius 3 is 1.63 bits per heavy atom. The zero-order chi connectivity index (χ0) is 38.7. The minimum absolute atomic E-state index is 0.0354.